The molecule has 0 aliphatic heterocycles. The van der Waals surface area contributed by atoms with Gasteiger partial charge in [-0.1, -0.05) is 109 Å². The van der Waals surface area contributed by atoms with Crippen LogP contribution in [-0.2, 0) is 0 Å². The van der Waals surface area contributed by atoms with Gasteiger partial charge >= 0.3 is 0 Å². The molecule has 8 aromatic rings. The third kappa shape index (κ3) is 3.14. The summed E-state index contributed by atoms with van der Waals surface area (Å²) in [6, 6.07) is 45.5. The molecule has 0 saturated carbocycles. The SMILES string of the molecule is c1ccc2c(-c3ccc(-c4ccc5ccc6cccnc6c5n4)c4ccccc34)c3ccccc3cc2c1. The molecule has 0 atom stereocenters. The Bertz CT molecular complexity index is 2140. The van der Waals surface area contributed by atoms with E-state index in [1.165, 1.54) is 43.4 Å². The van der Waals surface area contributed by atoms with Crippen molar-refractivity contribution in [2.45, 2.75) is 0 Å². The van der Waals surface area contributed by atoms with Crippen LogP contribution in [0.5, 0.6) is 0 Å². The van der Waals surface area contributed by atoms with E-state index >= 15 is 0 Å². The van der Waals surface area contributed by atoms with Crippen LogP contribution >= 0.6 is 0 Å². The zero-order valence-corrected chi connectivity index (χ0v) is 20.6. The first-order chi connectivity index (χ1) is 18.8. The number of rotatable bonds is 2. The van der Waals surface area contributed by atoms with Gasteiger partial charge in [-0.2, -0.15) is 0 Å². The van der Waals surface area contributed by atoms with Crippen molar-refractivity contribution in [1.29, 1.82) is 0 Å². The van der Waals surface area contributed by atoms with Crippen molar-refractivity contribution in [2.24, 2.45) is 0 Å². The number of fused-ring (bicyclic) bond motifs is 6. The first kappa shape index (κ1) is 21.0. The van der Waals surface area contributed by atoms with Crippen LogP contribution < -0.4 is 0 Å². The summed E-state index contributed by atoms with van der Waals surface area (Å²) in [5.74, 6) is 0. The molecule has 6 aromatic carbocycles. The van der Waals surface area contributed by atoms with Gasteiger partial charge in [-0.25, -0.2) is 4.98 Å². The smallest absolute Gasteiger partial charge is 0.0972 e. The van der Waals surface area contributed by atoms with Crippen LogP contribution in [0.4, 0.5) is 0 Å². The summed E-state index contributed by atoms with van der Waals surface area (Å²) >= 11 is 0. The van der Waals surface area contributed by atoms with Crippen LogP contribution in [0, 0.1) is 0 Å². The molecule has 0 radical (unpaired) electrons. The summed E-state index contributed by atoms with van der Waals surface area (Å²) in [7, 11) is 0. The third-order valence-electron chi connectivity index (χ3n) is 7.67. The van der Waals surface area contributed by atoms with Crippen LogP contribution in [0.1, 0.15) is 0 Å². The van der Waals surface area contributed by atoms with Gasteiger partial charge in [-0.15, -0.1) is 0 Å². The number of aromatic nitrogens is 2. The van der Waals surface area contributed by atoms with Gasteiger partial charge in [0, 0.05) is 22.5 Å². The fourth-order valence-corrected chi connectivity index (χ4v) is 5.92. The van der Waals surface area contributed by atoms with Crippen LogP contribution in [0.2, 0.25) is 0 Å². The van der Waals surface area contributed by atoms with E-state index in [-0.39, 0.29) is 0 Å². The topological polar surface area (TPSA) is 25.8 Å². The maximum absolute atomic E-state index is 5.16. The van der Waals surface area contributed by atoms with Gasteiger partial charge in [-0.3, -0.25) is 4.98 Å². The molecule has 2 aromatic heterocycles. The zero-order valence-electron chi connectivity index (χ0n) is 20.6. The van der Waals surface area contributed by atoms with Crippen molar-refractivity contribution in [3.05, 3.63) is 134 Å². The Hall–Kier alpha value is -5.08. The van der Waals surface area contributed by atoms with E-state index < -0.39 is 0 Å². The summed E-state index contributed by atoms with van der Waals surface area (Å²) in [4.78, 5) is 9.82. The van der Waals surface area contributed by atoms with Crippen LogP contribution in [0.3, 0.4) is 0 Å². The molecule has 0 aliphatic carbocycles. The molecule has 2 nitrogen and oxygen atoms in total. The van der Waals surface area contributed by atoms with Gasteiger partial charge in [0.05, 0.1) is 16.7 Å². The minimum Gasteiger partial charge on any atom is -0.254 e. The maximum atomic E-state index is 5.16. The highest BCUT2D eigenvalue weighted by molar-refractivity contribution is 6.18. The largest absolute Gasteiger partial charge is 0.254 e. The lowest BCUT2D eigenvalue weighted by Crippen LogP contribution is -1.92. The zero-order chi connectivity index (χ0) is 25.1. The van der Waals surface area contributed by atoms with Crippen molar-refractivity contribution in [3.63, 3.8) is 0 Å². The van der Waals surface area contributed by atoms with Crippen molar-refractivity contribution < 1.29 is 0 Å². The second-order valence-corrected chi connectivity index (χ2v) is 9.81. The van der Waals surface area contributed by atoms with E-state index in [2.05, 4.69) is 126 Å². The van der Waals surface area contributed by atoms with E-state index in [1.807, 2.05) is 12.3 Å². The summed E-state index contributed by atoms with van der Waals surface area (Å²) in [6.45, 7) is 0. The second-order valence-electron chi connectivity index (χ2n) is 9.81. The molecular weight excluding hydrogens is 460 g/mol. The molecular formula is C36H22N2. The first-order valence-electron chi connectivity index (χ1n) is 12.9. The normalized spacial score (nSPS) is 11.7. The average molecular weight is 483 g/mol. The highest BCUT2D eigenvalue weighted by Crippen LogP contribution is 2.42. The third-order valence-corrected chi connectivity index (χ3v) is 7.67. The molecule has 0 bridgehead atoms. The molecule has 38 heavy (non-hydrogen) atoms. The molecule has 0 amide bonds. The first-order valence-corrected chi connectivity index (χ1v) is 12.9. The summed E-state index contributed by atoms with van der Waals surface area (Å²) in [5, 5.41) is 9.67. The van der Waals surface area contributed by atoms with Crippen LogP contribution in [0.15, 0.2) is 134 Å². The minimum atomic E-state index is 0.939. The van der Waals surface area contributed by atoms with E-state index in [0.717, 1.165) is 33.1 Å². The van der Waals surface area contributed by atoms with Crippen LogP contribution in [0.25, 0.3) is 76.5 Å². The fraction of sp³-hybridized carbons (Fsp3) is 0. The molecule has 0 aliphatic rings. The lowest BCUT2D eigenvalue weighted by atomic mass is 9.88. The number of hydrogen-bond acceptors (Lipinski definition) is 2. The van der Waals surface area contributed by atoms with Gasteiger partial charge in [0.2, 0.25) is 0 Å². The molecule has 2 heterocycles. The van der Waals surface area contributed by atoms with E-state index in [4.69, 9.17) is 4.98 Å². The van der Waals surface area contributed by atoms with Gasteiger partial charge in [-0.05, 0) is 61.6 Å². The summed E-state index contributed by atoms with van der Waals surface area (Å²) < 4.78 is 0. The predicted molar refractivity (Wildman–Crippen MR) is 160 cm³/mol. The Morgan fingerprint density at radius 3 is 1.68 bits per heavy atom. The lowest BCUT2D eigenvalue weighted by molar-refractivity contribution is 1.37. The predicted octanol–water partition coefficient (Wildman–Crippen LogP) is 9.58. The Labute approximate surface area is 219 Å². The Morgan fingerprint density at radius 1 is 0.395 bits per heavy atom. The van der Waals surface area contributed by atoms with Gasteiger partial charge in [0.1, 0.15) is 0 Å². The molecule has 0 fully saturated rings. The van der Waals surface area contributed by atoms with Gasteiger partial charge in [0.25, 0.3) is 0 Å². The Kier molecular flexibility index (Phi) is 4.55. The lowest BCUT2D eigenvalue weighted by Gasteiger charge is -2.16. The highest BCUT2D eigenvalue weighted by atomic mass is 14.8. The molecule has 0 unspecified atom stereocenters. The number of hydrogen-bond donors (Lipinski definition) is 0. The van der Waals surface area contributed by atoms with Crippen LogP contribution in [-0.4, -0.2) is 9.97 Å². The van der Waals surface area contributed by atoms with Crippen molar-refractivity contribution >= 4 is 54.1 Å². The van der Waals surface area contributed by atoms with E-state index in [9.17, 15) is 0 Å². The van der Waals surface area contributed by atoms with E-state index in [1.54, 1.807) is 0 Å². The Balaban J connectivity index is 1.43. The maximum Gasteiger partial charge on any atom is 0.0972 e. The average Bonchev–Trinajstić information content (AvgIpc) is 2.99. The van der Waals surface area contributed by atoms with E-state index in [0.29, 0.717) is 0 Å². The minimum absolute atomic E-state index is 0.939. The second kappa shape index (κ2) is 8.22. The highest BCUT2D eigenvalue weighted by Gasteiger charge is 2.15. The van der Waals surface area contributed by atoms with Gasteiger partial charge in [0.15, 0.2) is 0 Å². The van der Waals surface area contributed by atoms with Crippen molar-refractivity contribution in [2.75, 3.05) is 0 Å². The molecule has 176 valence electrons. The molecule has 0 saturated heterocycles. The fourth-order valence-electron chi connectivity index (χ4n) is 5.92. The summed E-state index contributed by atoms with van der Waals surface area (Å²) in [6.07, 6.45) is 1.84. The van der Waals surface area contributed by atoms with Gasteiger partial charge < -0.3 is 0 Å². The van der Waals surface area contributed by atoms with Crippen molar-refractivity contribution in [3.8, 4) is 22.4 Å². The Morgan fingerprint density at radius 2 is 0.947 bits per heavy atom. The standard InChI is InChI=1S/C36H22N2/c1-3-11-27-25(8-1)22-26-9-2-4-12-28(26)34(27)32-19-18-31(29-13-5-6-14-30(29)32)33-20-17-24-16-15-23-10-7-21-37-35(23)36(24)38-33/h1-22H. The number of benzene rings is 6. The molecule has 8 rings (SSSR count). The number of pyridine rings is 2. The summed E-state index contributed by atoms with van der Waals surface area (Å²) in [5.41, 5.74) is 6.49. The monoisotopic (exact) mass is 482 g/mol. The number of nitrogens with zero attached hydrogens (tertiary/aromatic N) is 2. The molecule has 0 N–H and O–H groups in total. The molecule has 0 spiro atoms. The molecule has 2 heteroatoms. The van der Waals surface area contributed by atoms with Crippen molar-refractivity contribution in [1.82, 2.24) is 9.97 Å². The quantitative estimate of drug-likeness (QED) is 0.181.